The molecule has 0 radical (unpaired) electrons. The van der Waals surface area contributed by atoms with Gasteiger partial charge in [-0.15, -0.1) is 0 Å². The molecule has 0 N–H and O–H groups in total. The van der Waals surface area contributed by atoms with Crippen LogP contribution < -0.4 is 5.43 Å². The molecule has 0 aliphatic heterocycles. The normalized spacial score (nSPS) is 14.5. The zero-order valence-electron chi connectivity index (χ0n) is 14.1. The number of fused-ring (bicyclic) bond motifs is 1. The van der Waals surface area contributed by atoms with Crippen LogP contribution in [0.5, 0.6) is 0 Å². The molecule has 1 atom stereocenters. The summed E-state index contributed by atoms with van der Waals surface area (Å²) in [7, 11) is 0. The van der Waals surface area contributed by atoms with Crippen LogP contribution in [0, 0.1) is 34.3 Å². The summed E-state index contributed by atoms with van der Waals surface area (Å²) in [4.78, 5) is 12.4. The number of pyridine rings is 1. The minimum absolute atomic E-state index is 0.0368. The molecule has 1 aromatic heterocycles. The fraction of sp³-hybridized carbons (Fsp3) is 0.190. The van der Waals surface area contributed by atoms with E-state index in [-0.39, 0.29) is 28.1 Å². The zero-order chi connectivity index (χ0) is 19.1. The first kappa shape index (κ1) is 16.9. The van der Waals surface area contributed by atoms with E-state index in [9.17, 15) is 19.7 Å². The molecule has 0 amide bonds. The Kier molecular flexibility index (Phi) is 3.97. The van der Waals surface area contributed by atoms with Crippen LogP contribution >= 0.6 is 0 Å². The fourth-order valence-electron chi connectivity index (χ4n) is 3.39. The smallest absolute Gasteiger partial charge is 0.207 e. The number of hydrogen-bond donors (Lipinski definition) is 0. The number of hydrogen-bond acceptors (Lipinski definition) is 3. The van der Waals surface area contributed by atoms with Gasteiger partial charge in [-0.2, -0.15) is 10.5 Å². The topological polar surface area (TPSA) is 69.6 Å². The predicted molar refractivity (Wildman–Crippen MR) is 95.0 cm³/mol. The fourth-order valence-corrected chi connectivity index (χ4v) is 3.39. The van der Waals surface area contributed by atoms with Gasteiger partial charge in [-0.1, -0.05) is 30.3 Å². The summed E-state index contributed by atoms with van der Waals surface area (Å²) in [6.07, 6.45) is 2.90. The highest BCUT2D eigenvalue weighted by molar-refractivity contribution is 5.82. The summed E-state index contributed by atoms with van der Waals surface area (Å²) in [6, 6.07) is 13.1. The summed E-state index contributed by atoms with van der Waals surface area (Å²) in [5, 5.41) is 18.6. The Morgan fingerprint density at radius 3 is 2.44 bits per heavy atom. The number of nitriles is 2. The predicted octanol–water partition coefficient (Wildman–Crippen LogP) is 4.14. The maximum Gasteiger partial charge on any atom is 0.207 e. The molecule has 4 nitrogen and oxygen atoms in total. The lowest BCUT2D eigenvalue weighted by Gasteiger charge is -2.17. The van der Waals surface area contributed by atoms with Crippen molar-refractivity contribution in [1.29, 1.82) is 10.5 Å². The van der Waals surface area contributed by atoms with E-state index in [4.69, 9.17) is 0 Å². The minimum Gasteiger partial charge on any atom is -0.340 e. The lowest BCUT2D eigenvalue weighted by atomic mass is 9.90. The summed E-state index contributed by atoms with van der Waals surface area (Å²) in [5.74, 6) is -3.03. The molecule has 0 spiro atoms. The van der Waals surface area contributed by atoms with Gasteiger partial charge in [0.1, 0.15) is 23.4 Å². The van der Waals surface area contributed by atoms with Crippen molar-refractivity contribution < 1.29 is 8.78 Å². The number of benzene rings is 2. The van der Waals surface area contributed by atoms with Crippen LogP contribution in [0.1, 0.15) is 41.5 Å². The highest BCUT2D eigenvalue weighted by Gasteiger charge is 2.31. The molecule has 2 aromatic carbocycles. The van der Waals surface area contributed by atoms with Crippen molar-refractivity contribution >= 4 is 10.9 Å². The van der Waals surface area contributed by atoms with Crippen molar-refractivity contribution in [2.45, 2.75) is 24.8 Å². The Hall–Kier alpha value is -3.51. The van der Waals surface area contributed by atoms with Crippen molar-refractivity contribution in [2.24, 2.45) is 0 Å². The highest BCUT2D eigenvalue weighted by atomic mass is 19.1. The number of rotatable bonds is 3. The Morgan fingerprint density at radius 1 is 1.15 bits per heavy atom. The van der Waals surface area contributed by atoms with Gasteiger partial charge in [0.2, 0.25) is 5.43 Å². The first-order chi connectivity index (χ1) is 13.1. The Balaban J connectivity index is 2.07. The van der Waals surface area contributed by atoms with Gasteiger partial charge in [0.25, 0.3) is 0 Å². The van der Waals surface area contributed by atoms with Crippen LogP contribution in [0.15, 0.2) is 47.4 Å². The van der Waals surface area contributed by atoms with Gasteiger partial charge < -0.3 is 4.57 Å². The standard InChI is InChI=1S/C21H13F2N3O/c22-17-8-15-20(26(14-6-7-14)11-13(9-24)21(15)27)19(23)18(17)16(10-25)12-4-2-1-3-5-12/h1-5,8,11,14,16H,6-7H2. The van der Waals surface area contributed by atoms with E-state index in [2.05, 4.69) is 0 Å². The third-order valence-corrected chi connectivity index (χ3v) is 4.85. The SMILES string of the molecule is N#Cc1cn(C2CC2)c2c(F)c(C(C#N)c3ccccc3)c(F)cc2c1=O. The van der Waals surface area contributed by atoms with E-state index in [1.54, 1.807) is 36.4 Å². The minimum atomic E-state index is -1.14. The van der Waals surface area contributed by atoms with Crippen molar-refractivity contribution in [1.82, 2.24) is 4.57 Å². The molecule has 4 rings (SSSR count). The molecule has 27 heavy (non-hydrogen) atoms. The lowest BCUT2D eigenvalue weighted by Crippen LogP contribution is -2.16. The quantitative estimate of drug-likeness (QED) is 0.704. The maximum absolute atomic E-state index is 15.5. The molecule has 132 valence electrons. The molecule has 0 bridgehead atoms. The number of halogens is 2. The van der Waals surface area contributed by atoms with E-state index in [1.807, 2.05) is 6.07 Å². The maximum atomic E-state index is 15.5. The third kappa shape index (κ3) is 2.67. The Morgan fingerprint density at radius 2 is 1.85 bits per heavy atom. The number of nitrogens with zero attached hydrogens (tertiary/aromatic N) is 3. The lowest BCUT2D eigenvalue weighted by molar-refractivity contribution is 0.556. The molecule has 1 aliphatic carbocycles. The molecule has 1 aliphatic rings. The van der Waals surface area contributed by atoms with Crippen molar-refractivity contribution in [3.63, 3.8) is 0 Å². The van der Waals surface area contributed by atoms with Crippen molar-refractivity contribution in [3.8, 4) is 12.1 Å². The molecule has 1 saturated carbocycles. The number of aromatic nitrogens is 1. The van der Waals surface area contributed by atoms with Crippen LogP contribution in [-0.4, -0.2) is 4.57 Å². The van der Waals surface area contributed by atoms with Gasteiger partial charge in [0.05, 0.1) is 17.0 Å². The summed E-state index contributed by atoms with van der Waals surface area (Å²) < 4.78 is 31.9. The second-order valence-electron chi connectivity index (χ2n) is 6.58. The van der Waals surface area contributed by atoms with E-state index in [0.717, 1.165) is 18.9 Å². The van der Waals surface area contributed by atoms with Gasteiger partial charge in [0.15, 0.2) is 5.82 Å². The summed E-state index contributed by atoms with van der Waals surface area (Å²) >= 11 is 0. The average Bonchev–Trinajstić information content (AvgIpc) is 3.51. The van der Waals surface area contributed by atoms with Crippen LogP contribution in [0.25, 0.3) is 10.9 Å². The van der Waals surface area contributed by atoms with Gasteiger partial charge in [-0.25, -0.2) is 8.78 Å². The molecular formula is C21H13F2N3O. The highest BCUT2D eigenvalue weighted by Crippen LogP contribution is 2.39. The largest absolute Gasteiger partial charge is 0.340 e. The molecule has 3 aromatic rings. The van der Waals surface area contributed by atoms with E-state index < -0.39 is 23.0 Å². The van der Waals surface area contributed by atoms with Crippen LogP contribution in [-0.2, 0) is 0 Å². The van der Waals surface area contributed by atoms with E-state index in [0.29, 0.717) is 5.56 Å². The molecular weight excluding hydrogens is 348 g/mol. The monoisotopic (exact) mass is 361 g/mol. The Bertz CT molecular complexity index is 1200. The second-order valence-corrected chi connectivity index (χ2v) is 6.58. The van der Waals surface area contributed by atoms with Gasteiger partial charge >= 0.3 is 0 Å². The first-order valence-corrected chi connectivity index (χ1v) is 8.48. The van der Waals surface area contributed by atoms with Gasteiger partial charge in [0, 0.05) is 17.8 Å². The van der Waals surface area contributed by atoms with Crippen LogP contribution in [0.2, 0.25) is 0 Å². The van der Waals surface area contributed by atoms with Crippen molar-refractivity contribution in [3.05, 3.63) is 81.1 Å². The second kappa shape index (κ2) is 6.34. The summed E-state index contributed by atoms with van der Waals surface area (Å²) in [6.45, 7) is 0. The molecule has 0 saturated heterocycles. The first-order valence-electron chi connectivity index (χ1n) is 8.48. The summed E-state index contributed by atoms with van der Waals surface area (Å²) in [5.41, 5.74) is -0.822. The van der Waals surface area contributed by atoms with E-state index >= 15 is 4.39 Å². The van der Waals surface area contributed by atoms with Gasteiger partial charge in [-0.3, -0.25) is 4.79 Å². The van der Waals surface area contributed by atoms with Crippen LogP contribution in [0.4, 0.5) is 8.78 Å². The molecule has 6 heteroatoms. The average molecular weight is 361 g/mol. The van der Waals surface area contributed by atoms with Crippen LogP contribution in [0.3, 0.4) is 0 Å². The van der Waals surface area contributed by atoms with Gasteiger partial charge in [-0.05, 0) is 24.5 Å². The van der Waals surface area contributed by atoms with Crippen molar-refractivity contribution in [2.75, 3.05) is 0 Å². The molecule has 1 heterocycles. The molecule has 1 fully saturated rings. The Labute approximate surface area is 153 Å². The third-order valence-electron chi connectivity index (χ3n) is 4.85. The zero-order valence-corrected chi connectivity index (χ0v) is 14.1. The molecule has 1 unspecified atom stereocenters. The van der Waals surface area contributed by atoms with E-state index in [1.165, 1.54) is 10.8 Å².